The Labute approximate surface area is 139 Å². The van der Waals surface area contributed by atoms with Gasteiger partial charge in [0, 0.05) is 12.7 Å². The molecule has 0 radical (unpaired) electrons. The van der Waals surface area contributed by atoms with E-state index in [1.807, 2.05) is 0 Å². The first-order chi connectivity index (χ1) is 11.5. The summed E-state index contributed by atoms with van der Waals surface area (Å²) < 4.78 is 9.10. The van der Waals surface area contributed by atoms with Crippen LogP contribution in [0.1, 0.15) is 16.8 Å². The van der Waals surface area contributed by atoms with Crippen molar-refractivity contribution in [3.63, 3.8) is 0 Å². The van der Waals surface area contributed by atoms with Gasteiger partial charge in [0.2, 0.25) is 0 Å². The predicted octanol–water partition coefficient (Wildman–Crippen LogP) is 0.972. The van der Waals surface area contributed by atoms with Crippen LogP contribution in [0.2, 0.25) is 0 Å². The Bertz CT molecular complexity index is 691. The first-order valence-electron chi connectivity index (χ1n) is 6.92. The summed E-state index contributed by atoms with van der Waals surface area (Å²) in [5.74, 6) is -1.71. The van der Waals surface area contributed by atoms with E-state index < -0.39 is 17.8 Å². The van der Waals surface area contributed by atoms with Crippen LogP contribution in [0.4, 0.5) is 5.69 Å². The zero-order valence-corrected chi connectivity index (χ0v) is 13.3. The van der Waals surface area contributed by atoms with Gasteiger partial charge in [-0.05, 0) is 12.1 Å². The van der Waals surface area contributed by atoms with Crippen molar-refractivity contribution in [2.75, 3.05) is 26.1 Å². The van der Waals surface area contributed by atoms with Crippen LogP contribution >= 0.6 is 0 Å². The number of anilines is 1. The van der Waals surface area contributed by atoms with Crippen molar-refractivity contribution in [3.05, 3.63) is 41.6 Å². The summed E-state index contributed by atoms with van der Waals surface area (Å²) in [5.41, 5.74) is 0.189. The van der Waals surface area contributed by atoms with Gasteiger partial charge in [0.15, 0.2) is 0 Å². The smallest absolute Gasteiger partial charge is 0.339 e. The number of para-hydroxylation sites is 1. The summed E-state index contributed by atoms with van der Waals surface area (Å²) in [5, 5.41) is 14.2. The quantitative estimate of drug-likeness (QED) is 0.331. The highest BCUT2D eigenvalue weighted by Gasteiger charge is 2.15. The van der Waals surface area contributed by atoms with Crippen molar-refractivity contribution in [2.24, 2.45) is 0 Å². The fraction of sp³-hybridized carbons (Fsp3) is 0.250. The number of nitriles is 1. The average molecular weight is 331 g/mol. The third-order valence-electron chi connectivity index (χ3n) is 2.89. The van der Waals surface area contributed by atoms with Crippen LogP contribution in [-0.4, -0.2) is 38.6 Å². The predicted molar refractivity (Wildman–Crippen MR) is 84.7 cm³/mol. The number of benzene rings is 1. The van der Waals surface area contributed by atoms with Crippen molar-refractivity contribution >= 4 is 23.5 Å². The molecule has 0 saturated heterocycles. The molecule has 0 aromatic heterocycles. The molecule has 0 atom stereocenters. The second kappa shape index (κ2) is 9.63. The Morgan fingerprint density at radius 2 is 1.92 bits per heavy atom. The third kappa shape index (κ3) is 5.46. The maximum absolute atomic E-state index is 12.1. The molecule has 0 bridgehead atoms. The molecule has 0 unspecified atom stereocenters. The van der Waals surface area contributed by atoms with Gasteiger partial charge < -0.3 is 20.1 Å². The van der Waals surface area contributed by atoms with Gasteiger partial charge in [0.05, 0.1) is 31.9 Å². The number of carbonyl (C=O) groups is 3. The monoisotopic (exact) mass is 331 g/mol. The van der Waals surface area contributed by atoms with Crippen LogP contribution in [0, 0.1) is 11.3 Å². The summed E-state index contributed by atoms with van der Waals surface area (Å²) in [4.78, 5) is 34.7. The van der Waals surface area contributed by atoms with E-state index >= 15 is 0 Å². The first-order valence-corrected chi connectivity index (χ1v) is 6.92. The van der Waals surface area contributed by atoms with Gasteiger partial charge >= 0.3 is 11.9 Å². The molecule has 1 aromatic carbocycles. The minimum Gasteiger partial charge on any atom is -0.469 e. The number of nitrogens with zero attached hydrogens (tertiary/aromatic N) is 1. The highest BCUT2D eigenvalue weighted by molar-refractivity contribution is 6.09. The van der Waals surface area contributed by atoms with Gasteiger partial charge in [-0.1, -0.05) is 12.1 Å². The van der Waals surface area contributed by atoms with Gasteiger partial charge in [-0.25, -0.2) is 4.79 Å². The van der Waals surface area contributed by atoms with Crippen molar-refractivity contribution < 1.29 is 23.9 Å². The molecule has 8 nitrogen and oxygen atoms in total. The van der Waals surface area contributed by atoms with E-state index in [4.69, 9.17) is 5.26 Å². The number of hydrogen-bond acceptors (Lipinski definition) is 7. The lowest BCUT2D eigenvalue weighted by Crippen LogP contribution is -2.20. The minimum atomic E-state index is -0.695. The SMILES string of the molecule is COC(=O)CCN/C=C(/C#N)C(=O)Nc1ccccc1C(=O)OC. The van der Waals surface area contributed by atoms with E-state index in [0.717, 1.165) is 0 Å². The van der Waals surface area contributed by atoms with E-state index in [-0.39, 0.29) is 29.8 Å². The van der Waals surface area contributed by atoms with Crippen molar-refractivity contribution in [1.82, 2.24) is 5.32 Å². The molecular weight excluding hydrogens is 314 g/mol. The molecular formula is C16H17N3O5. The van der Waals surface area contributed by atoms with Crippen molar-refractivity contribution in [3.8, 4) is 6.07 Å². The van der Waals surface area contributed by atoms with E-state index in [1.54, 1.807) is 18.2 Å². The topological polar surface area (TPSA) is 118 Å². The van der Waals surface area contributed by atoms with E-state index in [1.165, 1.54) is 32.6 Å². The van der Waals surface area contributed by atoms with Crippen molar-refractivity contribution in [2.45, 2.75) is 6.42 Å². The summed E-state index contributed by atoms with van der Waals surface area (Å²) in [6.45, 7) is 0.212. The van der Waals surface area contributed by atoms with Crippen LogP contribution in [0.3, 0.4) is 0 Å². The highest BCUT2D eigenvalue weighted by atomic mass is 16.5. The molecule has 1 aromatic rings. The molecule has 0 aliphatic heterocycles. The van der Waals surface area contributed by atoms with Crippen molar-refractivity contribution in [1.29, 1.82) is 5.26 Å². The Morgan fingerprint density at radius 3 is 2.54 bits per heavy atom. The normalized spacial score (nSPS) is 10.3. The largest absolute Gasteiger partial charge is 0.469 e. The molecule has 2 N–H and O–H groups in total. The number of esters is 2. The Hall–Kier alpha value is -3.34. The van der Waals surface area contributed by atoms with E-state index in [0.29, 0.717) is 0 Å². The number of rotatable bonds is 7. The molecule has 126 valence electrons. The molecule has 8 heteroatoms. The second-order valence-corrected chi connectivity index (χ2v) is 4.44. The number of hydrogen-bond donors (Lipinski definition) is 2. The summed E-state index contributed by atoms with van der Waals surface area (Å²) in [6, 6.07) is 8.00. The maximum Gasteiger partial charge on any atom is 0.339 e. The van der Waals surface area contributed by atoms with Crippen LogP contribution in [0.15, 0.2) is 36.0 Å². The Balaban J connectivity index is 2.77. The van der Waals surface area contributed by atoms with Crippen LogP contribution in [0.25, 0.3) is 0 Å². The first kappa shape index (κ1) is 18.7. The zero-order valence-electron chi connectivity index (χ0n) is 13.3. The summed E-state index contributed by atoms with van der Waals surface area (Å²) in [7, 11) is 2.50. The Kier molecular flexibility index (Phi) is 7.51. The third-order valence-corrected chi connectivity index (χ3v) is 2.89. The fourth-order valence-electron chi connectivity index (χ4n) is 1.67. The second-order valence-electron chi connectivity index (χ2n) is 4.44. The molecule has 1 rings (SSSR count). The lowest BCUT2D eigenvalue weighted by Gasteiger charge is -2.09. The molecule has 0 saturated carbocycles. The highest BCUT2D eigenvalue weighted by Crippen LogP contribution is 2.16. The molecule has 0 fully saturated rings. The summed E-state index contributed by atoms with van der Waals surface area (Å²) in [6.07, 6.45) is 1.29. The maximum atomic E-state index is 12.1. The standard InChI is InChI=1S/C16H17N3O5/c1-23-14(20)7-8-18-10-11(9-17)15(21)19-13-6-4-3-5-12(13)16(22)24-2/h3-6,10,18H,7-8H2,1-2H3,(H,19,21)/b11-10-. The van der Waals surface area contributed by atoms with Crippen LogP contribution in [-0.2, 0) is 19.1 Å². The molecule has 1 amide bonds. The molecule has 0 heterocycles. The number of methoxy groups -OCH3 is 2. The number of carbonyl (C=O) groups excluding carboxylic acids is 3. The van der Waals surface area contributed by atoms with Gasteiger partial charge in [-0.15, -0.1) is 0 Å². The van der Waals surface area contributed by atoms with Crippen LogP contribution < -0.4 is 10.6 Å². The molecule has 0 aliphatic carbocycles. The number of ether oxygens (including phenoxy) is 2. The van der Waals surface area contributed by atoms with Gasteiger partial charge in [0.1, 0.15) is 11.6 Å². The molecule has 24 heavy (non-hydrogen) atoms. The zero-order chi connectivity index (χ0) is 17.9. The fourth-order valence-corrected chi connectivity index (χ4v) is 1.67. The van der Waals surface area contributed by atoms with Gasteiger partial charge in [-0.2, -0.15) is 5.26 Å². The Morgan fingerprint density at radius 1 is 1.21 bits per heavy atom. The lowest BCUT2D eigenvalue weighted by molar-refractivity contribution is -0.140. The van der Waals surface area contributed by atoms with Gasteiger partial charge in [-0.3, -0.25) is 9.59 Å². The number of amides is 1. The summed E-state index contributed by atoms with van der Waals surface area (Å²) >= 11 is 0. The molecule has 0 spiro atoms. The van der Waals surface area contributed by atoms with Crippen LogP contribution in [0.5, 0.6) is 0 Å². The van der Waals surface area contributed by atoms with Gasteiger partial charge in [0.25, 0.3) is 5.91 Å². The van der Waals surface area contributed by atoms with E-state index in [2.05, 4.69) is 20.1 Å². The number of nitrogens with one attached hydrogen (secondary N) is 2. The van der Waals surface area contributed by atoms with E-state index in [9.17, 15) is 14.4 Å². The molecule has 0 aliphatic rings. The average Bonchev–Trinajstić information content (AvgIpc) is 2.61. The minimum absolute atomic E-state index is 0.0957. The lowest BCUT2D eigenvalue weighted by atomic mass is 10.1.